The van der Waals surface area contributed by atoms with Crippen molar-refractivity contribution < 1.29 is 9.52 Å². The summed E-state index contributed by atoms with van der Waals surface area (Å²) >= 11 is 0. The first-order valence-corrected chi connectivity index (χ1v) is 6.82. The molecule has 1 fully saturated rings. The average molecular weight is 257 g/mol. The molecule has 1 atom stereocenters. The monoisotopic (exact) mass is 257 g/mol. The van der Waals surface area contributed by atoms with Gasteiger partial charge >= 0.3 is 0 Å². The normalized spacial score (nSPS) is 19.9. The predicted octanol–water partition coefficient (Wildman–Crippen LogP) is 2.76. The molecule has 1 aromatic heterocycles. The zero-order chi connectivity index (χ0) is 13.1. The van der Waals surface area contributed by atoms with E-state index in [1.807, 2.05) is 24.3 Å². The third kappa shape index (κ3) is 2.88. The molecule has 100 valence electrons. The van der Waals surface area contributed by atoms with E-state index in [-0.39, 0.29) is 0 Å². The molecule has 2 aromatic rings. The Balaban J connectivity index is 1.66. The zero-order valence-electron chi connectivity index (χ0n) is 11.0. The van der Waals surface area contributed by atoms with E-state index in [1.54, 1.807) is 0 Å². The quantitative estimate of drug-likeness (QED) is 0.915. The molecule has 0 aliphatic carbocycles. The number of hydrogen-bond donors (Lipinski definition) is 1. The molecular formula is C16H19NO2. The number of hydrogen-bond acceptors (Lipinski definition) is 3. The van der Waals surface area contributed by atoms with E-state index < -0.39 is 0 Å². The molecule has 1 aliphatic heterocycles. The molecule has 0 radical (unpaired) electrons. The molecule has 3 rings (SSSR count). The third-order valence-corrected chi connectivity index (χ3v) is 3.73. The summed E-state index contributed by atoms with van der Waals surface area (Å²) in [7, 11) is 0. The molecule has 1 unspecified atom stereocenters. The number of rotatable bonds is 4. The summed E-state index contributed by atoms with van der Waals surface area (Å²) in [5.41, 5.74) is 1.11. The molecule has 1 aromatic carbocycles. The van der Waals surface area contributed by atoms with Crippen LogP contribution in [0.5, 0.6) is 0 Å². The van der Waals surface area contributed by atoms with Gasteiger partial charge in [-0.1, -0.05) is 30.3 Å². The van der Waals surface area contributed by atoms with Crippen LogP contribution in [0.15, 0.2) is 46.9 Å². The molecule has 0 spiro atoms. The van der Waals surface area contributed by atoms with E-state index in [2.05, 4.69) is 23.1 Å². The van der Waals surface area contributed by atoms with Gasteiger partial charge in [0.1, 0.15) is 11.5 Å². The minimum Gasteiger partial charge on any atom is -0.460 e. The highest BCUT2D eigenvalue weighted by Crippen LogP contribution is 2.24. The Kier molecular flexibility index (Phi) is 3.67. The van der Waals surface area contributed by atoms with Crippen molar-refractivity contribution in [3.8, 4) is 11.3 Å². The lowest BCUT2D eigenvalue weighted by Gasteiger charge is -2.13. The molecule has 3 nitrogen and oxygen atoms in total. The lowest BCUT2D eigenvalue weighted by molar-refractivity contribution is 0.216. The summed E-state index contributed by atoms with van der Waals surface area (Å²) in [6.45, 7) is 3.15. The minimum absolute atomic E-state index is 0.296. The van der Waals surface area contributed by atoms with E-state index in [1.165, 1.54) is 0 Å². The maximum Gasteiger partial charge on any atom is 0.134 e. The van der Waals surface area contributed by atoms with Gasteiger partial charge in [0, 0.05) is 18.7 Å². The van der Waals surface area contributed by atoms with Gasteiger partial charge in [0.2, 0.25) is 0 Å². The summed E-state index contributed by atoms with van der Waals surface area (Å²) in [5, 5.41) is 9.15. The summed E-state index contributed by atoms with van der Waals surface area (Å²) in [5.74, 6) is 2.36. The number of benzene rings is 1. The van der Waals surface area contributed by atoms with Crippen molar-refractivity contribution in [1.29, 1.82) is 0 Å². The van der Waals surface area contributed by atoms with E-state index in [9.17, 15) is 0 Å². The van der Waals surface area contributed by atoms with Crippen LogP contribution in [0.25, 0.3) is 11.3 Å². The second-order valence-electron chi connectivity index (χ2n) is 5.20. The van der Waals surface area contributed by atoms with Crippen molar-refractivity contribution in [2.75, 3.05) is 19.7 Å². The highest BCUT2D eigenvalue weighted by Gasteiger charge is 2.22. The van der Waals surface area contributed by atoms with Crippen LogP contribution in [0.4, 0.5) is 0 Å². The second kappa shape index (κ2) is 5.59. The van der Waals surface area contributed by atoms with E-state index in [0.717, 1.165) is 43.1 Å². The minimum atomic E-state index is 0.296. The number of likely N-dealkylation sites (tertiary alicyclic amines) is 1. The van der Waals surface area contributed by atoms with Crippen molar-refractivity contribution >= 4 is 0 Å². The molecule has 0 saturated carbocycles. The van der Waals surface area contributed by atoms with E-state index in [0.29, 0.717) is 12.5 Å². The maximum absolute atomic E-state index is 9.15. The van der Waals surface area contributed by atoms with Gasteiger partial charge in [-0.15, -0.1) is 0 Å². The summed E-state index contributed by atoms with van der Waals surface area (Å²) < 4.78 is 5.90. The van der Waals surface area contributed by atoms with Crippen LogP contribution in [-0.4, -0.2) is 29.7 Å². The van der Waals surface area contributed by atoms with Crippen molar-refractivity contribution in [2.24, 2.45) is 5.92 Å². The molecule has 0 bridgehead atoms. The first-order valence-electron chi connectivity index (χ1n) is 6.82. The Morgan fingerprint density at radius 1 is 1.16 bits per heavy atom. The summed E-state index contributed by atoms with van der Waals surface area (Å²) in [6.07, 6.45) is 1.09. The van der Waals surface area contributed by atoms with Gasteiger partial charge in [0.05, 0.1) is 6.54 Å². The van der Waals surface area contributed by atoms with Crippen molar-refractivity contribution in [3.05, 3.63) is 48.2 Å². The zero-order valence-corrected chi connectivity index (χ0v) is 11.0. The second-order valence-corrected chi connectivity index (χ2v) is 5.20. The van der Waals surface area contributed by atoms with Crippen LogP contribution in [0.3, 0.4) is 0 Å². The molecule has 1 aliphatic rings. The predicted molar refractivity (Wildman–Crippen MR) is 74.6 cm³/mol. The molecular weight excluding hydrogens is 238 g/mol. The summed E-state index contributed by atoms with van der Waals surface area (Å²) in [6, 6.07) is 14.2. The molecule has 19 heavy (non-hydrogen) atoms. The average Bonchev–Trinajstić information content (AvgIpc) is 3.09. The van der Waals surface area contributed by atoms with Crippen LogP contribution in [0, 0.1) is 5.92 Å². The Labute approximate surface area is 113 Å². The van der Waals surface area contributed by atoms with Gasteiger partial charge in [-0.3, -0.25) is 4.90 Å². The number of aliphatic hydroxyl groups excluding tert-OH is 1. The molecule has 1 saturated heterocycles. The largest absolute Gasteiger partial charge is 0.460 e. The number of furan rings is 1. The highest BCUT2D eigenvalue weighted by atomic mass is 16.3. The smallest absolute Gasteiger partial charge is 0.134 e. The van der Waals surface area contributed by atoms with Gasteiger partial charge in [0.15, 0.2) is 0 Å². The van der Waals surface area contributed by atoms with Crippen molar-refractivity contribution in [1.82, 2.24) is 4.90 Å². The third-order valence-electron chi connectivity index (χ3n) is 3.73. The van der Waals surface area contributed by atoms with Gasteiger partial charge < -0.3 is 9.52 Å². The van der Waals surface area contributed by atoms with Gasteiger partial charge in [-0.25, -0.2) is 0 Å². The highest BCUT2D eigenvalue weighted by molar-refractivity contribution is 5.57. The van der Waals surface area contributed by atoms with Crippen molar-refractivity contribution in [2.45, 2.75) is 13.0 Å². The van der Waals surface area contributed by atoms with E-state index in [4.69, 9.17) is 9.52 Å². The SMILES string of the molecule is OCC1CCN(Cc2ccc(-c3ccccc3)o2)C1. The Morgan fingerprint density at radius 3 is 2.74 bits per heavy atom. The van der Waals surface area contributed by atoms with Crippen LogP contribution >= 0.6 is 0 Å². The summed E-state index contributed by atoms with van der Waals surface area (Å²) in [4.78, 5) is 2.34. The molecule has 2 heterocycles. The molecule has 0 amide bonds. The molecule has 1 N–H and O–H groups in total. The number of aliphatic hydroxyl groups is 1. The lowest BCUT2D eigenvalue weighted by Crippen LogP contribution is -2.20. The van der Waals surface area contributed by atoms with Gasteiger partial charge in [-0.2, -0.15) is 0 Å². The lowest BCUT2D eigenvalue weighted by atomic mass is 10.1. The Hall–Kier alpha value is -1.58. The van der Waals surface area contributed by atoms with Crippen LogP contribution in [0.1, 0.15) is 12.2 Å². The first-order chi connectivity index (χ1) is 9.35. The van der Waals surface area contributed by atoms with Crippen LogP contribution in [-0.2, 0) is 6.54 Å². The van der Waals surface area contributed by atoms with Crippen LogP contribution < -0.4 is 0 Å². The fourth-order valence-corrected chi connectivity index (χ4v) is 2.65. The van der Waals surface area contributed by atoms with Crippen LogP contribution in [0.2, 0.25) is 0 Å². The topological polar surface area (TPSA) is 36.6 Å². The van der Waals surface area contributed by atoms with Gasteiger partial charge in [-0.05, 0) is 31.0 Å². The Morgan fingerprint density at radius 2 is 2.00 bits per heavy atom. The van der Waals surface area contributed by atoms with E-state index >= 15 is 0 Å². The first kappa shape index (κ1) is 12.5. The van der Waals surface area contributed by atoms with Crippen molar-refractivity contribution in [3.63, 3.8) is 0 Å². The molecule has 3 heteroatoms. The fourth-order valence-electron chi connectivity index (χ4n) is 2.65. The van der Waals surface area contributed by atoms with Gasteiger partial charge in [0.25, 0.3) is 0 Å². The standard InChI is InChI=1S/C16H19NO2/c18-12-13-8-9-17(10-13)11-15-6-7-16(19-15)14-4-2-1-3-5-14/h1-7,13,18H,8-12H2. The fraction of sp³-hybridized carbons (Fsp3) is 0.375. The Bertz CT molecular complexity index is 521. The maximum atomic E-state index is 9.15. The number of nitrogens with zero attached hydrogens (tertiary/aromatic N) is 1.